The third kappa shape index (κ3) is 1.25. The highest BCUT2D eigenvalue weighted by molar-refractivity contribution is 6.17. The summed E-state index contributed by atoms with van der Waals surface area (Å²) in [7, 11) is 0. The van der Waals surface area contributed by atoms with E-state index in [0.29, 0.717) is 0 Å². The first kappa shape index (κ1) is 7.80. The lowest BCUT2D eigenvalue weighted by molar-refractivity contribution is -0.807. The van der Waals surface area contributed by atoms with Crippen molar-refractivity contribution in [3.63, 3.8) is 0 Å². The molecule has 0 radical (unpaired) electrons. The maximum Gasteiger partial charge on any atom is 0.309 e. The SMILES string of the molecule is NC(=O)c1no[n+]([O-])c1CCl. The predicted molar refractivity (Wildman–Crippen MR) is 33.5 cm³/mol. The first-order chi connectivity index (χ1) is 5.16. The monoisotopic (exact) mass is 177 g/mol. The summed E-state index contributed by atoms with van der Waals surface area (Å²) in [5.41, 5.74) is 4.53. The summed E-state index contributed by atoms with van der Waals surface area (Å²) >= 11 is 5.29. The van der Waals surface area contributed by atoms with Crippen LogP contribution in [0.15, 0.2) is 4.63 Å². The molecule has 0 unspecified atom stereocenters. The van der Waals surface area contributed by atoms with Gasteiger partial charge in [-0.05, 0) is 4.90 Å². The highest BCUT2D eigenvalue weighted by Crippen LogP contribution is 2.02. The number of nitrogens with zero attached hydrogens (tertiary/aromatic N) is 2. The molecule has 2 N–H and O–H groups in total. The molecule has 0 spiro atoms. The topological polar surface area (TPSA) is 96.1 Å². The predicted octanol–water partition coefficient (Wildman–Crippen LogP) is -0.854. The van der Waals surface area contributed by atoms with Crippen LogP contribution in [0.4, 0.5) is 0 Å². The molecule has 11 heavy (non-hydrogen) atoms. The van der Waals surface area contributed by atoms with Crippen LogP contribution in [0.2, 0.25) is 0 Å². The van der Waals surface area contributed by atoms with E-state index in [1.54, 1.807) is 0 Å². The average molecular weight is 178 g/mol. The minimum absolute atomic E-state index is 0.0487. The molecular formula is C4H4ClN3O3. The van der Waals surface area contributed by atoms with E-state index < -0.39 is 5.91 Å². The van der Waals surface area contributed by atoms with Crippen molar-refractivity contribution in [3.05, 3.63) is 16.6 Å². The quantitative estimate of drug-likeness (QED) is 0.470. The van der Waals surface area contributed by atoms with Gasteiger partial charge in [-0.25, -0.2) is 0 Å². The van der Waals surface area contributed by atoms with Crippen molar-refractivity contribution in [3.8, 4) is 0 Å². The summed E-state index contributed by atoms with van der Waals surface area (Å²) in [6, 6.07) is 0. The number of nitrogens with two attached hydrogens (primary N) is 1. The number of hydrogen-bond donors (Lipinski definition) is 1. The minimum Gasteiger partial charge on any atom is -0.362 e. The highest BCUT2D eigenvalue weighted by atomic mass is 35.5. The summed E-state index contributed by atoms with van der Waals surface area (Å²) < 4.78 is 4.07. The van der Waals surface area contributed by atoms with Crippen molar-refractivity contribution in [1.82, 2.24) is 5.16 Å². The smallest absolute Gasteiger partial charge is 0.309 e. The van der Waals surface area contributed by atoms with Crippen LogP contribution in [0.5, 0.6) is 0 Å². The number of alkyl halides is 1. The first-order valence-corrected chi connectivity index (χ1v) is 3.14. The number of carbonyl (C=O) groups is 1. The van der Waals surface area contributed by atoms with Crippen LogP contribution in [-0.2, 0) is 5.88 Å². The molecule has 1 aromatic rings. The molecule has 0 atom stereocenters. The van der Waals surface area contributed by atoms with Gasteiger partial charge in [0.25, 0.3) is 5.91 Å². The van der Waals surface area contributed by atoms with Gasteiger partial charge in [-0.1, -0.05) is 0 Å². The van der Waals surface area contributed by atoms with Crippen LogP contribution in [0.1, 0.15) is 16.2 Å². The molecule has 0 aliphatic heterocycles. The van der Waals surface area contributed by atoms with E-state index in [1.807, 2.05) is 0 Å². The molecule has 0 aliphatic carbocycles. The van der Waals surface area contributed by atoms with E-state index in [1.165, 1.54) is 0 Å². The summed E-state index contributed by atoms with van der Waals surface area (Å²) in [5, 5.41) is 13.7. The van der Waals surface area contributed by atoms with Crippen molar-refractivity contribution in [1.29, 1.82) is 0 Å². The average Bonchev–Trinajstić information content (AvgIpc) is 2.30. The Balaban J connectivity index is 3.15. The second kappa shape index (κ2) is 2.75. The van der Waals surface area contributed by atoms with Gasteiger partial charge in [-0.15, -0.1) is 11.6 Å². The second-order valence-corrected chi connectivity index (χ2v) is 1.99. The normalized spacial score (nSPS) is 9.91. The van der Waals surface area contributed by atoms with Crippen molar-refractivity contribution in [2.45, 2.75) is 5.88 Å². The van der Waals surface area contributed by atoms with Gasteiger partial charge >= 0.3 is 5.69 Å². The Kier molecular flexibility index (Phi) is 1.95. The van der Waals surface area contributed by atoms with Crippen LogP contribution in [0, 0.1) is 5.21 Å². The van der Waals surface area contributed by atoms with Gasteiger partial charge in [0.1, 0.15) is 0 Å². The Bertz CT molecular complexity index is 284. The minimum atomic E-state index is -0.834. The molecule has 60 valence electrons. The lowest BCUT2D eigenvalue weighted by Gasteiger charge is -1.87. The maximum absolute atomic E-state index is 10.6. The summed E-state index contributed by atoms with van der Waals surface area (Å²) in [6.45, 7) is 0. The third-order valence-corrected chi connectivity index (χ3v) is 1.31. The number of hydrogen-bond acceptors (Lipinski definition) is 4. The Morgan fingerprint density at radius 1 is 1.91 bits per heavy atom. The molecule has 0 saturated carbocycles. The van der Waals surface area contributed by atoms with Gasteiger partial charge in [0, 0.05) is 0 Å². The number of carbonyl (C=O) groups excluding carboxylic acids is 1. The molecule has 7 heteroatoms. The summed E-state index contributed by atoms with van der Waals surface area (Å²) in [5.74, 6) is -0.996. The molecule has 0 fully saturated rings. The van der Waals surface area contributed by atoms with Gasteiger partial charge < -0.3 is 10.9 Å². The van der Waals surface area contributed by atoms with Crippen LogP contribution >= 0.6 is 11.6 Å². The lowest BCUT2D eigenvalue weighted by atomic mass is 10.3. The molecule has 1 amide bonds. The Hall–Kier alpha value is -1.30. The molecule has 1 rings (SSSR count). The van der Waals surface area contributed by atoms with E-state index in [0.717, 1.165) is 0 Å². The van der Waals surface area contributed by atoms with Gasteiger partial charge in [-0.3, -0.25) is 9.42 Å². The largest absolute Gasteiger partial charge is 0.362 e. The molecular weight excluding hydrogens is 174 g/mol. The zero-order chi connectivity index (χ0) is 8.43. The molecule has 1 aromatic heterocycles. The third-order valence-electron chi connectivity index (χ3n) is 1.06. The standard InChI is InChI=1S/C4H4ClN3O3/c5-1-2-3(4(6)9)7-11-8(2)10/h1H2,(H2,6,9). The second-order valence-electron chi connectivity index (χ2n) is 1.72. The van der Waals surface area contributed by atoms with Crippen LogP contribution < -0.4 is 10.6 Å². The van der Waals surface area contributed by atoms with Gasteiger partial charge in [0.15, 0.2) is 0 Å². The fourth-order valence-corrected chi connectivity index (χ4v) is 0.790. The zero-order valence-electron chi connectivity index (χ0n) is 5.28. The molecule has 0 aromatic carbocycles. The van der Waals surface area contributed by atoms with Crippen LogP contribution in [0.25, 0.3) is 0 Å². The Morgan fingerprint density at radius 2 is 2.55 bits per heavy atom. The van der Waals surface area contributed by atoms with Crippen molar-refractivity contribution >= 4 is 17.5 Å². The number of aromatic nitrogens is 2. The lowest BCUT2D eigenvalue weighted by Crippen LogP contribution is -2.29. The highest BCUT2D eigenvalue weighted by Gasteiger charge is 2.22. The Labute approximate surface area is 66.1 Å². The number of rotatable bonds is 2. The van der Waals surface area contributed by atoms with E-state index in [4.69, 9.17) is 17.3 Å². The molecule has 0 aliphatic rings. The zero-order valence-corrected chi connectivity index (χ0v) is 6.04. The fraction of sp³-hybridized carbons (Fsp3) is 0.250. The van der Waals surface area contributed by atoms with Crippen molar-refractivity contribution in [2.24, 2.45) is 5.73 Å². The van der Waals surface area contributed by atoms with E-state index in [9.17, 15) is 10.0 Å². The van der Waals surface area contributed by atoms with Crippen molar-refractivity contribution in [2.75, 3.05) is 0 Å². The Morgan fingerprint density at radius 3 is 2.91 bits per heavy atom. The number of halogens is 1. The van der Waals surface area contributed by atoms with Gasteiger partial charge in [0.05, 0.1) is 11.0 Å². The molecule has 0 saturated heterocycles. The summed E-state index contributed by atoms with van der Waals surface area (Å²) in [4.78, 5) is 10.5. The van der Waals surface area contributed by atoms with Crippen LogP contribution in [0.3, 0.4) is 0 Å². The summed E-state index contributed by atoms with van der Waals surface area (Å²) in [6.07, 6.45) is 0. The molecule has 0 bridgehead atoms. The maximum atomic E-state index is 10.6. The van der Waals surface area contributed by atoms with Crippen molar-refractivity contribution < 1.29 is 14.3 Å². The van der Waals surface area contributed by atoms with E-state index in [-0.39, 0.29) is 22.2 Å². The van der Waals surface area contributed by atoms with Gasteiger partial charge in [-0.2, -0.15) is 0 Å². The molecule has 6 nitrogen and oxygen atoms in total. The first-order valence-electron chi connectivity index (χ1n) is 2.61. The fourth-order valence-electron chi connectivity index (χ4n) is 0.566. The number of primary amides is 1. The van der Waals surface area contributed by atoms with Crippen LogP contribution in [-0.4, -0.2) is 11.1 Å². The van der Waals surface area contributed by atoms with Gasteiger partial charge in [0.2, 0.25) is 5.69 Å². The number of amides is 1. The van der Waals surface area contributed by atoms with E-state index >= 15 is 0 Å². The molecule has 1 heterocycles. The van der Waals surface area contributed by atoms with E-state index in [2.05, 4.69) is 9.79 Å².